The average Bonchev–Trinajstić information content (AvgIpc) is 3.05. The monoisotopic (exact) mass is 636 g/mol. The van der Waals surface area contributed by atoms with E-state index in [1.54, 1.807) is 0 Å². The van der Waals surface area contributed by atoms with Crippen molar-refractivity contribution in [3.63, 3.8) is 0 Å². The maximum absolute atomic E-state index is 13.9. The van der Waals surface area contributed by atoms with Gasteiger partial charge in [0.1, 0.15) is 21.0 Å². The van der Waals surface area contributed by atoms with Crippen molar-refractivity contribution in [3.05, 3.63) is 10.1 Å². The number of halogens is 6. The van der Waals surface area contributed by atoms with Gasteiger partial charge in [0.15, 0.2) is 4.33 Å². The highest BCUT2D eigenvalue weighted by Gasteiger charge is 2.86. The Bertz CT molecular complexity index is 902. The van der Waals surface area contributed by atoms with Crippen LogP contribution in [0.15, 0.2) is 10.1 Å². The molecular weight excluding hydrogens is 605 g/mol. The summed E-state index contributed by atoms with van der Waals surface area (Å²) in [5.74, 6) is -4.18. The number of allylic oxidation sites excluding steroid dienone is 2. The Morgan fingerprint density at radius 1 is 0.703 bits per heavy atom. The van der Waals surface area contributed by atoms with Crippen LogP contribution in [0.25, 0.3) is 0 Å². The van der Waals surface area contributed by atoms with Crippen LogP contribution >= 0.6 is 69.6 Å². The molecule has 6 nitrogen and oxygen atoms in total. The first kappa shape index (κ1) is 30.3. The number of esters is 2. The van der Waals surface area contributed by atoms with Gasteiger partial charge < -0.3 is 20.1 Å². The van der Waals surface area contributed by atoms with Crippen molar-refractivity contribution < 1.29 is 19.1 Å². The van der Waals surface area contributed by atoms with Crippen LogP contribution in [0.4, 0.5) is 0 Å². The van der Waals surface area contributed by atoms with Crippen LogP contribution in [0.3, 0.4) is 0 Å². The molecule has 2 heterocycles. The van der Waals surface area contributed by atoms with Crippen molar-refractivity contribution in [2.45, 2.75) is 78.7 Å². The van der Waals surface area contributed by atoms with Crippen LogP contribution in [0.2, 0.25) is 0 Å². The van der Waals surface area contributed by atoms with E-state index in [0.717, 1.165) is 51.9 Å². The number of hydrogen-bond acceptors (Lipinski definition) is 6. The predicted molar refractivity (Wildman–Crippen MR) is 149 cm³/mol. The lowest BCUT2D eigenvalue weighted by molar-refractivity contribution is -0.181. The number of carbonyl (C=O) groups excluding carboxylic acids is 2. The quantitative estimate of drug-likeness (QED) is 0.287. The number of nitrogens with one attached hydrogen (secondary N) is 2. The molecular formula is C25H34Cl6N2O4. The Balaban J connectivity index is 1.70. The molecule has 4 unspecified atom stereocenters. The second-order valence-electron chi connectivity index (χ2n) is 11.7. The summed E-state index contributed by atoms with van der Waals surface area (Å²) in [5.41, 5.74) is -1.70. The predicted octanol–water partition coefficient (Wildman–Crippen LogP) is 5.71. The van der Waals surface area contributed by atoms with Crippen LogP contribution in [-0.4, -0.2) is 63.4 Å². The van der Waals surface area contributed by atoms with Gasteiger partial charge in [-0.05, 0) is 79.6 Å². The minimum atomic E-state index is -2.09. The highest BCUT2D eigenvalue weighted by Crippen LogP contribution is 2.76. The molecule has 0 aromatic heterocycles. The Kier molecular flexibility index (Phi) is 8.45. The first-order valence-corrected chi connectivity index (χ1v) is 15.0. The van der Waals surface area contributed by atoms with E-state index in [0.29, 0.717) is 0 Å². The SMILES string of the molecule is CC(C)(OC(=O)C1C(C(=O)OC(C)(C)C2CCNCC2)C2(Cl)C(Cl)=C(Cl)C1(Cl)C2(Cl)Cl)C1CCNCC1. The van der Waals surface area contributed by atoms with Crippen LogP contribution in [0, 0.1) is 23.7 Å². The molecule has 0 radical (unpaired) electrons. The maximum Gasteiger partial charge on any atom is 0.312 e. The summed E-state index contributed by atoms with van der Waals surface area (Å²) in [6, 6.07) is 0. The number of alkyl halides is 4. The second-order valence-corrected chi connectivity index (χ2v) is 15.0. The Morgan fingerprint density at radius 3 is 1.30 bits per heavy atom. The van der Waals surface area contributed by atoms with E-state index >= 15 is 0 Å². The molecule has 0 amide bonds. The van der Waals surface area contributed by atoms with Gasteiger partial charge in [0, 0.05) is 11.8 Å². The molecule has 0 aromatic rings. The van der Waals surface area contributed by atoms with Gasteiger partial charge in [0.2, 0.25) is 0 Å². The third-order valence-electron chi connectivity index (χ3n) is 8.82. The Hall–Kier alpha value is 0.340. The number of fused-ring (bicyclic) bond motifs is 2. The van der Waals surface area contributed by atoms with E-state index in [1.165, 1.54) is 0 Å². The average molecular weight is 639 g/mol. The van der Waals surface area contributed by atoms with Gasteiger partial charge in [-0.25, -0.2) is 0 Å². The van der Waals surface area contributed by atoms with Gasteiger partial charge in [0.05, 0.1) is 21.9 Å². The number of rotatable bonds is 6. The third kappa shape index (κ3) is 4.62. The first-order valence-electron chi connectivity index (χ1n) is 12.7. The Labute approximate surface area is 248 Å². The van der Waals surface area contributed by atoms with Gasteiger partial charge in [0.25, 0.3) is 0 Å². The highest BCUT2D eigenvalue weighted by molar-refractivity contribution is 6.66. The summed E-state index contributed by atoms with van der Waals surface area (Å²) in [6.07, 6.45) is 3.31. The zero-order valence-electron chi connectivity index (χ0n) is 21.4. The summed E-state index contributed by atoms with van der Waals surface area (Å²) in [5, 5.41) is 6.27. The second kappa shape index (κ2) is 10.3. The summed E-state index contributed by atoms with van der Waals surface area (Å²) in [4.78, 5) is 23.9. The molecule has 4 aliphatic rings. The molecule has 0 aromatic carbocycles. The molecule has 2 aliphatic carbocycles. The molecule has 37 heavy (non-hydrogen) atoms. The molecule has 1 saturated carbocycles. The van der Waals surface area contributed by atoms with Crippen LogP contribution in [-0.2, 0) is 19.1 Å². The summed E-state index contributed by atoms with van der Waals surface area (Å²) >= 11 is 40.7. The van der Waals surface area contributed by atoms with E-state index < -0.39 is 49.1 Å². The van der Waals surface area contributed by atoms with Gasteiger partial charge in [-0.3, -0.25) is 9.59 Å². The maximum atomic E-state index is 13.9. The summed E-state index contributed by atoms with van der Waals surface area (Å²) in [7, 11) is 0. The number of hydrogen-bond donors (Lipinski definition) is 2. The van der Waals surface area contributed by atoms with Gasteiger partial charge in [-0.1, -0.05) is 46.4 Å². The molecule has 3 fully saturated rings. The molecule has 2 N–H and O–H groups in total. The molecule has 2 saturated heterocycles. The van der Waals surface area contributed by atoms with Crippen molar-refractivity contribution in [1.29, 1.82) is 0 Å². The van der Waals surface area contributed by atoms with Gasteiger partial charge in [-0.15, -0.1) is 23.2 Å². The zero-order valence-corrected chi connectivity index (χ0v) is 25.9. The van der Waals surface area contributed by atoms with Crippen LogP contribution in [0.5, 0.6) is 0 Å². The van der Waals surface area contributed by atoms with E-state index in [9.17, 15) is 9.59 Å². The summed E-state index contributed by atoms with van der Waals surface area (Å²) < 4.78 is 10.0. The smallest absolute Gasteiger partial charge is 0.312 e. The Morgan fingerprint density at radius 2 is 1.00 bits per heavy atom. The molecule has 12 heteroatoms. The van der Waals surface area contributed by atoms with Crippen molar-refractivity contribution in [1.82, 2.24) is 10.6 Å². The van der Waals surface area contributed by atoms with Crippen molar-refractivity contribution in [2.75, 3.05) is 26.2 Å². The van der Waals surface area contributed by atoms with Crippen molar-refractivity contribution in [2.24, 2.45) is 23.7 Å². The minimum absolute atomic E-state index is 0.100. The molecule has 4 atom stereocenters. The van der Waals surface area contributed by atoms with Crippen LogP contribution < -0.4 is 10.6 Å². The molecule has 0 spiro atoms. The number of piperidine rings is 2. The van der Waals surface area contributed by atoms with E-state index in [4.69, 9.17) is 79.1 Å². The fourth-order valence-corrected chi connectivity index (χ4v) is 9.35. The highest BCUT2D eigenvalue weighted by atomic mass is 35.5. The largest absolute Gasteiger partial charge is 0.459 e. The standard InChI is InChI=1S/C25H34Cl6N2O4/c1-21(2,13-5-9-32-10-6-13)36-19(34)15-16(20(35)37-22(3,4)14-7-11-33-12-8-14)24(29)18(27)17(26)23(15,28)25(24,30)31/h13-16,32-33H,5-12H2,1-4H3. The molecule has 210 valence electrons. The number of ether oxygens (including phenoxy) is 2. The first-order chi connectivity index (χ1) is 17.0. The van der Waals surface area contributed by atoms with Gasteiger partial charge in [-0.2, -0.15) is 0 Å². The van der Waals surface area contributed by atoms with Crippen molar-refractivity contribution >= 4 is 81.5 Å². The third-order valence-corrected chi connectivity index (χ3v) is 13.1. The van der Waals surface area contributed by atoms with Gasteiger partial charge >= 0.3 is 11.9 Å². The molecule has 2 aliphatic heterocycles. The van der Waals surface area contributed by atoms with Crippen molar-refractivity contribution in [3.8, 4) is 0 Å². The topological polar surface area (TPSA) is 76.7 Å². The molecule has 4 rings (SSSR count). The zero-order chi connectivity index (χ0) is 27.6. The lowest BCUT2D eigenvalue weighted by Crippen LogP contribution is -2.52. The fourth-order valence-electron chi connectivity index (χ4n) is 6.43. The summed E-state index contributed by atoms with van der Waals surface area (Å²) in [6.45, 7) is 10.6. The van der Waals surface area contributed by atoms with Crippen LogP contribution in [0.1, 0.15) is 53.4 Å². The van der Waals surface area contributed by atoms with E-state index in [1.807, 2.05) is 27.7 Å². The normalized spacial score (nSPS) is 35.1. The van der Waals surface area contributed by atoms with E-state index in [-0.39, 0.29) is 21.9 Å². The minimum Gasteiger partial charge on any atom is -0.459 e. The molecule has 2 bridgehead atoms. The lowest BCUT2D eigenvalue weighted by Gasteiger charge is -2.41. The van der Waals surface area contributed by atoms with E-state index in [2.05, 4.69) is 10.6 Å². The fraction of sp³-hybridized carbons (Fsp3) is 0.840. The number of carbonyl (C=O) groups is 2. The lowest BCUT2D eigenvalue weighted by atomic mass is 9.79.